The van der Waals surface area contributed by atoms with Gasteiger partial charge in [0.2, 0.25) is 0 Å². The van der Waals surface area contributed by atoms with E-state index in [1.54, 1.807) is 17.8 Å². The molecule has 1 N–H and O–H groups in total. The van der Waals surface area contributed by atoms with Crippen molar-refractivity contribution in [3.63, 3.8) is 0 Å². The number of thioether (sulfide) groups is 1. The lowest BCUT2D eigenvalue weighted by atomic mass is 9.99. The van der Waals surface area contributed by atoms with Gasteiger partial charge in [0, 0.05) is 9.92 Å². The molecule has 1 unspecified atom stereocenters. The third kappa shape index (κ3) is 3.54. The van der Waals surface area contributed by atoms with Gasteiger partial charge in [0.1, 0.15) is 5.82 Å². The molecule has 2 aromatic carbocycles. The Kier molecular flexibility index (Phi) is 5.46. The summed E-state index contributed by atoms with van der Waals surface area (Å²) in [6, 6.07) is 12.6. The standard InChI is InChI=1S/C16H17ClFNS/c1-3-20-13-7-4-11(5-8-13)16(19-2)14-10-12(18)6-9-15(14)17/h4-10,16,19H,3H2,1-2H3. The number of nitrogens with one attached hydrogen (secondary N) is 1. The van der Waals surface area contributed by atoms with Gasteiger partial charge in [0.15, 0.2) is 0 Å². The van der Waals surface area contributed by atoms with Gasteiger partial charge in [-0.05, 0) is 54.3 Å². The molecule has 106 valence electrons. The van der Waals surface area contributed by atoms with Crippen molar-refractivity contribution < 1.29 is 4.39 Å². The minimum absolute atomic E-state index is 0.112. The molecule has 0 heterocycles. The van der Waals surface area contributed by atoms with Crippen LogP contribution in [0.2, 0.25) is 5.02 Å². The predicted octanol–water partition coefficient (Wildman–Crippen LogP) is 4.90. The molecule has 4 heteroatoms. The molecule has 0 aromatic heterocycles. The van der Waals surface area contributed by atoms with Crippen molar-refractivity contribution in [2.45, 2.75) is 17.9 Å². The van der Waals surface area contributed by atoms with E-state index in [-0.39, 0.29) is 11.9 Å². The van der Waals surface area contributed by atoms with Gasteiger partial charge in [-0.2, -0.15) is 0 Å². The van der Waals surface area contributed by atoms with Crippen molar-refractivity contribution in [1.29, 1.82) is 0 Å². The Morgan fingerprint density at radius 1 is 1.20 bits per heavy atom. The molecule has 0 aliphatic carbocycles. The first-order valence-electron chi connectivity index (χ1n) is 6.50. The summed E-state index contributed by atoms with van der Waals surface area (Å²) in [6.07, 6.45) is 0. The van der Waals surface area contributed by atoms with Gasteiger partial charge in [-0.15, -0.1) is 11.8 Å². The van der Waals surface area contributed by atoms with E-state index in [2.05, 4.69) is 36.5 Å². The normalized spacial score (nSPS) is 12.4. The molecule has 0 fully saturated rings. The third-order valence-electron chi connectivity index (χ3n) is 3.08. The zero-order chi connectivity index (χ0) is 14.5. The van der Waals surface area contributed by atoms with Crippen molar-refractivity contribution in [3.05, 3.63) is 64.4 Å². The van der Waals surface area contributed by atoms with E-state index in [1.807, 2.05) is 7.05 Å². The summed E-state index contributed by atoms with van der Waals surface area (Å²) in [5.74, 6) is 0.771. The minimum Gasteiger partial charge on any atom is -0.309 e. The first-order chi connectivity index (χ1) is 9.65. The second-order valence-corrected chi connectivity index (χ2v) is 6.13. The molecule has 0 saturated carbocycles. The van der Waals surface area contributed by atoms with Gasteiger partial charge in [-0.25, -0.2) is 4.39 Å². The smallest absolute Gasteiger partial charge is 0.123 e. The number of halogens is 2. The first-order valence-corrected chi connectivity index (χ1v) is 7.87. The van der Waals surface area contributed by atoms with Gasteiger partial charge >= 0.3 is 0 Å². The first kappa shape index (κ1) is 15.4. The van der Waals surface area contributed by atoms with E-state index in [4.69, 9.17) is 11.6 Å². The quantitative estimate of drug-likeness (QED) is 0.788. The number of rotatable bonds is 5. The summed E-state index contributed by atoms with van der Waals surface area (Å²) >= 11 is 7.99. The summed E-state index contributed by atoms with van der Waals surface area (Å²) in [7, 11) is 1.85. The van der Waals surface area contributed by atoms with E-state index < -0.39 is 0 Å². The molecule has 0 spiro atoms. The summed E-state index contributed by atoms with van der Waals surface area (Å²) in [4.78, 5) is 1.23. The molecule has 1 atom stereocenters. The SMILES string of the molecule is CCSc1ccc(C(NC)c2cc(F)ccc2Cl)cc1. The summed E-state index contributed by atoms with van der Waals surface area (Å²) in [5, 5.41) is 3.76. The zero-order valence-corrected chi connectivity index (χ0v) is 13.1. The average molecular weight is 310 g/mol. The Balaban J connectivity index is 2.34. The molecule has 0 saturated heterocycles. The Hall–Kier alpha value is -1.03. The van der Waals surface area contributed by atoms with Crippen molar-refractivity contribution in [1.82, 2.24) is 5.32 Å². The fourth-order valence-corrected chi connectivity index (χ4v) is 3.05. The van der Waals surface area contributed by atoms with Gasteiger partial charge in [-0.1, -0.05) is 30.7 Å². The predicted molar refractivity (Wildman–Crippen MR) is 85.2 cm³/mol. The molecule has 20 heavy (non-hydrogen) atoms. The average Bonchev–Trinajstić information content (AvgIpc) is 2.45. The summed E-state index contributed by atoms with van der Waals surface area (Å²) in [5.41, 5.74) is 1.82. The molecule has 0 aliphatic heterocycles. The molecular weight excluding hydrogens is 293 g/mol. The lowest BCUT2D eigenvalue weighted by Gasteiger charge is -2.19. The Labute approximate surface area is 128 Å². The monoisotopic (exact) mass is 309 g/mol. The summed E-state index contributed by atoms with van der Waals surface area (Å²) < 4.78 is 13.4. The molecule has 0 amide bonds. The van der Waals surface area contributed by atoms with Crippen LogP contribution < -0.4 is 5.32 Å². The van der Waals surface area contributed by atoms with Crippen LogP contribution in [0.25, 0.3) is 0 Å². The highest BCUT2D eigenvalue weighted by atomic mass is 35.5. The van der Waals surface area contributed by atoms with E-state index in [0.717, 1.165) is 16.9 Å². The van der Waals surface area contributed by atoms with Gasteiger partial charge < -0.3 is 5.32 Å². The van der Waals surface area contributed by atoms with Crippen LogP contribution in [0.15, 0.2) is 47.4 Å². The lowest BCUT2D eigenvalue weighted by Crippen LogP contribution is -2.18. The van der Waals surface area contributed by atoms with Crippen molar-refractivity contribution >= 4 is 23.4 Å². The molecule has 1 nitrogen and oxygen atoms in total. The van der Waals surface area contributed by atoms with Crippen LogP contribution in [0.5, 0.6) is 0 Å². The molecule has 2 aromatic rings. The maximum Gasteiger partial charge on any atom is 0.123 e. The van der Waals surface area contributed by atoms with Crippen LogP contribution in [-0.2, 0) is 0 Å². The van der Waals surface area contributed by atoms with Crippen LogP contribution in [0.3, 0.4) is 0 Å². The van der Waals surface area contributed by atoms with Crippen molar-refractivity contribution in [2.24, 2.45) is 0 Å². The maximum absolute atomic E-state index is 13.4. The second-order valence-electron chi connectivity index (χ2n) is 4.39. The zero-order valence-electron chi connectivity index (χ0n) is 11.5. The highest BCUT2D eigenvalue weighted by molar-refractivity contribution is 7.99. The molecule has 0 radical (unpaired) electrons. The Morgan fingerprint density at radius 2 is 1.90 bits per heavy atom. The van der Waals surface area contributed by atoms with E-state index >= 15 is 0 Å². The third-order valence-corrected chi connectivity index (χ3v) is 4.32. The number of benzene rings is 2. The lowest BCUT2D eigenvalue weighted by molar-refractivity contribution is 0.617. The maximum atomic E-state index is 13.4. The topological polar surface area (TPSA) is 12.0 Å². The fraction of sp³-hybridized carbons (Fsp3) is 0.250. The fourth-order valence-electron chi connectivity index (χ4n) is 2.16. The van der Waals surface area contributed by atoms with Gasteiger partial charge in [-0.3, -0.25) is 0 Å². The molecule has 0 aliphatic rings. The highest BCUT2D eigenvalue weighted by Crippen LogP contribution is 2.30. The highest BCUT2D eigenvalue weighted by Gasteiger charge is 2.16. The second kappa shape index (κ2) is 7.11. The van der Waals surface area contributed by atoms with E-state index in [9.17, 15) is 4.39 Å². The van der Waals surface area contributed by atoms with E-state index in [1.165, 1.54) is 17.0 Å². The van der Waals surface area contributed by atoms with Crippen LogP contribution in [-0.4, -0.2) is 12.8 Å². The Morgan fingerprint density at radius 3 is 2.50 bits per heavy atom. The summed E-state index contributed by atoms with van der Waals surface area (Å²) in [6.45, 7) is 2.13. The molecule has 0 bridgehead atoms. The van der Waals surface area contributed by atoms with Gasteiger partial charge in [0.25, 0.3) is 0 Å². The van der Waals surface area contributed by atoms with Crippen LogP contribution in [0.4, 0.5) is 4.39 Å². The van der Waals surface area contributed by atoms with E-state index in [0.29, 0.717) is 5.02 Å². The van der Waals surface area contributed by atoms with Crippen molar-refractivity contribution in [2.75, 3.05) is 12.8 Å². The van der Waals surface area contributed by atoms with Crippen LogP contribution >= 0.6 is 23.4 Å². The number of hydrogen-bond donors (Lipinski definition) is 1. The van der Waals surface area contributed by atoms with Gasteiger partial charge in [0.05, 0.1) is 6.04 Å². The minimum atomic E-state index is -0.275. The largest absolute Gasteiger partial charge is 0.309 e. The molecular formula is C16H17ClFNS. The Bertz CT molecular complexity index is 571. The van der Waals surface area contributed by atoms with Crippen LogP contribution in [0, 0.1) is 5.82 Å². The molecule has 2 rings (SSSR count). The van der Waals surface area contributed by atoms with Crippen LogP contribution in [0.1, 0.15) is 24.1 Å². The van der Waals surface area contributed by atoms with Crippen molar-refractivity contribution in [3.8, 4) is 0 Å². The number of hydrogen-bond acceptors (Lipinski definition) is 2.